The van der Waals surface area contributed by atoms with E-state index in [2.05, 4.69) is 10.1 Å². The third-order valence-electron chi connectivity index (χ3n) is 2.80. The topological polar surface area (TPSA) is 64.3 Å². The molecule has 4 nitrogen and oxygen atoms in total. The number of halogens is 2. The SMILES string of the molecule is NCc1ccc(NC(=O)c2ccccc2OC(F)F)cc1. The number of carbonyl (C=O) groups is 1. The van der Waals surface area contributed by atoms with Crippen LogP contribution in [0.5, 0.6) is 5.75 Å². The van der Waals surface area contributed by atoms with Gasteiger partial charge in [0, 0.05) is 12.2 Å². The van der Waals surface area contributed by atoms with Gasteiger partial charge in [0.2, 0.25) is 0 Å². The number of nitrogens with one attached hydrogen (secondary N) is 1. The van der Waals surface area contributed by atoms with Gasteiger partial charge in [-0.1, -0.05) is 24.3 Å². The minimum absolute atomic E-state index is 0.0423. The van der Waals surface area contributed by atoms with Crippen LogP contribution in [0.3, 0.4) is 0 Å². The van der Waals surface area contributed by atoms with E-state index in [-0.39, 0.29) is 11.3 Å². The molecule has 0 atom stereocenters. The Morgan fingerprint density at radius 2 is 1.81 bits per heavy atom. The zero-order valence-electron chi connectivity index (χ0n) is 11.1. The minimum Gasteiger partial charge on any atom is -0.434 e. The summed E-state index contributed by atoms with van der Waals surface area (Å²) in [5, 5.41) is 2.62. The molecule has 0 aliphatic heterocycles. The van der Waals surface area contributed by atoms with Gasteiger partial charge in [-0.05, 0) is 29.8 Å². The first-order valence-electron chi connectivity index (χ1n) is 6.24. The van der Waals surface area contributed by atoms with Gasteiger partial charge in [0.15, 0.2) is 0 Å². The fourth-order valence-corrected chi connectivity index (χ4v) is 1.78. The van der Waals surface area contributed by atoms with Gasteiger partial charge in [-0.15, -0.1) is 0 Å². The Bertz CT molecular complexity index is 615. The van der Waals surface area contributed by atoms with Gasteiger partial charge in [-0.25, -0.2) is 0 Å². The van der Waals surface area contributed by atoms with Gasteiger partial charge in [0.25, 0.3) is 5.91 Å². The van der Waals surface area contributed by atoms with Crippen LogP contribution in [0.25, 0.3) is 0 Å². The van der Waals surface area contributed by atoms with E-state index in [1.54, 1.807) is 30.3 Å². The number of rotatable bonds is 5. The fraction of sp³-hybridized carbons (Fsp3) is 0.133. The lowest BCUT2D eigenvalue weighted by Gasteiger charge is -2.11. The molecule has 2 aromatic carbocycles. The van der Waals surface area contributed by atoms with E-state index >= 15 is 0 Å². The Hall–Kier alpha value is -2.47. The molecule has 2 rings (SSSR count). The number of alkyl halides is 2. The zero-order chi connectivity index (χ0) is 15.2. The molecule has 0 saturated carbocycles. The molecule has 0 aromatic heterocycles. The second-order valence-electron chi connectivity index (χ2n) is 4.23. The molecule has 0 fully saturated rings. The largest absolute Gasteiger partial charge is 0.434 e. The van der Waals surface area contributed by atoms with Gasteiger partial charge < -0.3 is 15.8 Å². The number of para-hydroxylation sites is 1. The van der Waals surface area contributed by atoms with Crippen LogP contribution in [0.1, 0.15) is 15.9 Å². The van der Waals surface area contributed by atoms with Crippen LogP contribution >= 0.6 is 0 Å². The molecule has 0 unspecified atom stereocenters. The van der Waals surface area contributed by atoms with Crippen LogP contribution in [0, 0.1) is 0 Å². The normalized spacial score (nSPS) is 10.5. The lowest BCUT2D eigenvalue weighted by molar-refractivity contribution is -0.0501. The number of amides is 1. The van der Waals surface area contributed by atoms with Gasteiger partial charge in [0.05, 0.1) is 5.56 Å². The highest BCUT2D eigenvalue weighted by Crippen LogP contribution is 2.21. The number of carbonyl (C=O) groups excluding carboxylic acids is 1. The predicted octanol–water partition coefficient (Wildman–Crippen LogP) is 3.00. The molecule has 2 aromatic rings. The molecule has 0 aliphatic rings. The van der Waals surface area contributed by atoms with Crippen molar-refractivity contribution in [3.8, 4) is 5.75 Å². The molecular weight excluding hydrogens is 278 g/mol. The van der Waals surface area contributed by atoms with Gasteiger partial charge >= 0.3 is 6.61 Å². The van der Waals surface area contributed by atoms with Gasteiger partial charge in [0.1, 0.15) is 5.75 Å². The van der Waals surface area contributed by atoms with Crippen molar-refractivity contribution in [2.24, 2.45) is 5.73 Å². The molecule has 3 N–H and O–H groups in total. The maximum Gasteiger partial charge on any atom is 0.387 e. The van der Waals surface area contributed by atoms with E-state index < -0.39 is 12.5 Å². The quantitative estimate of drug-likeness (QED) is 0.890. The second kappa shape index (κ2) is 6.81. The number of anilines is 1. The summed E-state index contributed by atoms with van der Waals surface area (Å²) in [5.41, 5.74) is 7.00. The van der Waals surface area contributed by atoms with Gasteiger partial charge in [-0.3, -0.25) is 4.79 Å². The van der Waals surface area contributed by atoms with E-state index in [1.165, 1.54) is 18.2 Å². The third-order valence-corrected chi connectivity index (χ3v) is 2.80. The summed E-state index contributed by atoms with van der Waals surface area (Å²) in [4.78, 5) is 12.1. The number of benzene rings is 2. The Kier molecular flexibility index (Phi) is 4.84. The van der Waals surface area contributed by atoms with E-state index in [9.17, 15) is 13.6 Å². The van der Waals surface area contributed by atoms with Crippen molar-refractivity contribution in [2.45, 2.75) is 13.2 Å². The highest BCUT2D eigenvalue weighted by molar-refractivity contribution is 6.06. The molecule has 0 bridgehead atoms. The van der Waals surface area contributed by atoms with Crippen LogP contribution in [0.4, 0.5) is 14.5 Å². The van der Waals surface area contributed by atoms with Crippen LogP contribution in [-0.2, 0) is 6.54 Å². The number of hydrogen-bond acceptors (Lipinski definition) is 3. The Morgan fingerprint density at radius 3 is 2.43 bits per heavy atom. The molecule has 0 saturated heterocycles. The minimum atomic E-state index is -2.98. The summed E-state index contributed by atoms with van der Waals surface area (Å²) >= 11 is 0. The van der Waals surface area contributed by atoms with E-state index in [0.29, 0.717) is 12.2 Å². The summed E-state index contributed by atoms with van der Waals surface area (Å²) in [6.07, 6.45) is 0. The summed E-state index contributed by atoms with van der Waals surface area (Å²) in [7, 11) is 0. The van der Waals surface area contributed by atoms with E-state index in [4.69, 9.17) is 5.73 Å². The first-order valence-corrected chi connectivity index (χ1v) is 6.24. The lowest BCUT2D eigenvalue weighted by Crippen LogP contribution is -2.15. The monoisotopic (exact) mass is 292 g/mol. The van der Waals surface area contributed by atoms with Crippen LogP contribution in [0.2, 0.25) is 0 Å². The summed E-state index contributed by atoms with van der Waals surface area (Å²) in [5.74, 6) is -0.685. The molecule has 0 radical (unpaired) electrons. The smallest absolute Gasteiger partial charge is 0.387 e. The Morgan fingerprint density at radius 1 is 1.14 bits per heavy atom. The maximum absolute atomic E-state index is 12.3. The summed E-state index contributed by atoms with van der Waals surface area (Å²) in [6, 6.07) is 12.8. The zero-order valence-corrected chi connectivity index (χ0v) is 11.1. The number of nitrogens with two attached hydrogens (primary N) is 1. The highest BCUT2D eigenvalue weighted by atomic mass is 19.3. The van der Waals surface area contributed by atoms with Crippen molar-refractivity contribution < 1.29 is 18.3 Å². The molecule has 6 heteroatoms. The van der Waals surface area contributed by atoms with Crippen molar-refractivity contribution in [1.82, 2.24) is 0 Å². The molecule has 0 spiro atoms. The van der Waals surface area contributed by atoms with Crippen molar-refractivity contribution in [1.29, 1.82) is 0 Å². The fourth-order valence-electron chi connectivity index (χ4n) is 1.78. The van der Waals surface area contributed by atoms with Crippen LogP contribution in [0.15, 0.2) is 48.5 Å². The lowest BCUT2D eigenvalue weighted by atomic mass is 10.1. The predicted molar refractivity (Wildman–Crippen MR) is 75.4 cm³/mol. The number of ether oxygens (including phenoxy) is 1. The highest BCUT2D eigenvalue weighted by Gasteiger charge is 2.15. The maximum atomic E-state index is 12.3. The third kappa shape index (κ3) is 4.00. The molecule has 21 heavy (non-hydrogen) atoms. The average molecular weight is 292 g/mol. The van der Waals surface area contributed by atoms with Crippen molar-refractivity contribution in [3.63, 3.8) is 0 Å². The van der Waals surface area contributed by atoms with Crippen LogP contribution in [-0.4, -0.2) is 12.5 Å². The molecule has 0 heterocycles. The van der Waals surface area contributed by atoms with Crippen LogP contribution < -0.4 is 15.8 Å². The van der Waals surface area contributed by atoms with E-state index in [0.717, 1.165) is 5.56 Å². The molecule has 1 amide bonds. The first kappa shape index (κ1) is 14.9. The molecule has 110 valence electrons. The van der Waals surface area contributed by atoms with Crippen molar-refractivity contribution >= 4 is 11.6 Å². The summed E-state index contributed by atoms with van der Waals surface area (Å²) in [6.45, 7) is -2.58. The van der Waals surface area contributed by atoms with Gasteiger partial charge in [-0.2, -0.15) is 8.78 Å². The van der Waals surface area contributed by atoms with Crippen molar-refractivity contribution in [2.75, 3.05) is 5.32 Å². The molecular formula is C15H14F2N2O2. The average Bonchev–Trinajstić information content (AvgIpc) is 2.48. The second-order valence-corrected chi connectivity index (χ2v) is 4.23. The first-order chi connectivity index (χ1) is 10.1. The Balaban J connectivity index is 2.16. The van der Waals surface area contributed by atoms with Crippen molar-refractivity contribution in [3.05, 3.63) is 59.7 Å². The van der Waals surface area contributed by atoms with E-state index in [1.807, 2.05) is 0 Å². The standard InChI is InChI=1S/C15H14F2N2O2/c16-15(17)21-13-4-2-1-3-12(13)14(20)19-11-7-5-10(9-18)6-8-11/h1-8,15H,9,18H2,(H,19,20). The Labute approximate surface area is 120 Å². The number of hydrogen-bond donors (Lipinski definition) is 2. The molecule has 0 aliphatic carbocycles. The summed E-state index contributed by atoms with van der Waals surface area (Å²) < 4.78 is 28.9.